The normalized spacial score (nSPS) is 12.8. The lowest BCUT2D eigenvalue weighted by atomic mass is 9.97. The zero-order valence-electron chi connectivity index (χ0n) is 8.34. The van der Waals surface area contributed by atoms with Crippen LogP contribution in [0.5, 0.6) is 0 Å². The number of hydrogen-bond acceptors (Lipinski definition) is 5. The Morgan fingerprint density at radius 3 is 2.79 bits per heavy atom. The Morgan fingerprint density at radius 1 is 1.64 bits per heavy atom. The third-order valence-electron chi connectivity index (χ3n) is 2.03. The van der Waals surface area contributed by atoms with Crippen LogP contribution in [0.4, 0.5) is 0 Å². The number of tetrazole rings is 1. The van der Waals surface area contributed by atoms with E-state index in [-0.39, 0.29) is 18.3 Å². The molecule has 78 valence electrons. The van der Waals surface area contributed by atoms with Gasteiger partial charge >= 0.3 is 0 Å². The molecule has 1 aromatic heterocycles. The fourth-order valence-electron chi connectivity index (χ4n) is 1.23. The highest BCUT2D eigenvalue weighted by Crippen LogP contribution is 2.09. The maximum Gasteiger partial charge on any atom is 0.175 e. The number of Topliss-reactive ketones (excluding diaryl/α,β-unsaturated/α-hetero) is 1. The van der Waals surface area contributed by atoms with Crippen LogP contribution in [0.25, 0.3) is 0 Å². The Bertz CT molecular complexity index is 310. The highest BCUT2D eigenvalue weighted by Gasteiger charge is 2.16. The number of rotatable bonds is 5. The number of carbonyl (C=O) groups is 1. The molecule has 0 fully saturated rings. The van der Waals surface area contributed by atoms with Gasteiger partial charge in [-0.05, 0) is 18.6 Å². The molecule has 0 spiro atoms. The van der Waals surface area contributed by atoms with Gasteiger partial charge in [0.05, 0.1) is 7.05 Å². The summed E-state index contributed by atoms with van der Waals surface area (Å²) < 4.78 is 0. The molecule has 0 radical (unpaired) electrons. The van der Waals surface area contributed by atoms with E-state index in [1.165, 1.54) is 11.7 Å². The van der Waals surface area contributed by atoms with Gasteiger partial charge in [-0.15, -0.1) is 10.2 Å². The van der Waals surface area contributed by atoms with Gasteiger partial charge in [0.1, 0.15) is 5.78 Å². The second-order valence-electron chi connectivity index (χ2n) is 3.22. The maximum absolute atomic E-state index is 11.2. The van der Waals surface area contributed by atoms with E-state index >= 15 is 0 Å². The lowest BCUT2D eigenvalue weighted by molar-refractivity contribution is -0.121. The minimum atomic E-state index is -0.204. The fourth-order valence-corrected chi connectivity index (χ4v) is 1.23. The number of hydrogen-bond donors (Lipinski definition) is 1. The molecule has 0 aromatic carbocycles. The van der Waals surface area contributed by atoms with Crippen LogP contribution >= 0.6 is 0 Å². The molecule has 1 N–H and O–H groups in total. The van der Waals surface area contributed by atoms with E-state index < -0.39 is 0 Å². The smallest absolute Gasteiger partial charge is 0.175 e. The van der Waals surface area contributed by atoms with Crippen LogP contribution in [0.2, 0.25) is 0 Å². The van der Waals surface area contributed by atoms with Crippen molar-refractivity contribution in [2.45, 2.75) is 19.8 Å². The van der Waals surface area contributed by atoms with Gasteiger partial charge in [0.15, 0.2) is 5.82 Å². The van der Waals surface area contributed by atoms with E-state index in [0.29, 0.717) is 18.7 Å². The first kappa shape index (κ1) is 10.8. The summed E-state index contributed by atoms with van der Waals surface area (Å²) in [5.41, 5.74) is 0. The van der Waals surface area contributed by atoms with E-state index in [1.54, 1.807) is 7.05 Å². The van der Waals surface area contributed by atoms with Crippen molar-refractivity contribution in [3.63, 3.8) is 0 Å². The number of aromatic nitrogens is 4. The van der Waals surface area contributed by atoms with Crippen LogP contribution in [-0.2, 0) is 18.3 Å². The molecule has 0 amide bonds. The molecule has 1 heterocycles. The number of nitrogens with zero attached hydrogens (tertiary/aromatic N) is 4. The number of aliphatic hydroxyl groups excluding tert-OH is 1. The van der Waals surface area contributed by atoms with Crippen LogP contribution in [0, 0.1) is 5.92 Å². The Hall–Kier alpha value is -1.30. The van der Waals surface area contributed by atoms with E-state index in [1.807, 2.05) is 0 Å². The molecule has 6 heteroatoms. The van der Waals surface area contributed by atoms with Gasteiger partial charge in [0.2, 0.25) is 0 Å². The average molecular weight is 198 g/mol. The summed E-state index contributed by atoms with van der Waals surface area (Å²) in [6.07, 6.45) is 0.900. The van der Waals surface area contributed by atoms with Gasteiger partial charge in [-0.3, -0.25) is 4.79 Å². The lowest BCUT2D eigenvalue weighted by Gasteiger charge is -2.08. The van der Waals surface area contributed by atoms with Gasteiger partial charge in [-0.1, -0.05) is 0 Å². The maximum atomic E-state index is 11.2. The number of aryl methyl sites for hydroxylation is 1. The topological polar surface area (TPSA) is 80.9 Å². The third kappa shape index (κ3) is 2.88. The molecule has 0 aliphatic rings. The van der Waals surface area contributed by atoms with Crippen LogP contribution < -0.4 is 0 Å². The van der Waals surface area contributed by atoms with Crippen molar-refractivity contribution in [3.8, 4) is 0 Å². The van der Waals surface area contributed by atoms with Gasteiger partial charge in [-0.2, -0.15) is 4.80 Å². The molecule has 14 heavy (non-hydrogen) atoms. The summed E-state index contributed by atoms with van der Waals surface area (Å²) in [7, 11) is 1.67. The quantitative estimate of drug-likeness (QED) is 0.679. The lowest BCUT2D eigenvalue weighted by Crippen LogP contribution is -2.16. The monoisotopic (exact) mass is 198 g/mol. The van der Waals surface area contributed by atoms with E-state index in [2.05, 4.69) is 15.4 Å². The molecule has 1 rings (SSSR count). The van der Waals surface area contributed by atoms with Crippen molar-refractivity contribution in [3.05, 3.63) is 5.82 Å². The standard InChI is InChI=1S/C8H14N4O2/c1-6(14)7(3-4-13)5-8-9-11-12(2)10-8/h7,13H,3-5H2,1-2H3. The molecular weight excluding hydrogens is 184 g/mol. The van der Waals surface area contributed by atoms with Crippen molar-refractivity contribution in [1.82, 2.24) is 20.2 Å². The second kappa shape index (κ2) is 4.80. The first-order chi connectivity index (χ1) is 6.63. The predicted octanol–water partition coefficient (Wildman–Crippen LogP) is -0.660. The van der Waals surface area contributed by atoms with Crippen LogP contribution in [0.3, 0.4) is 0 Å². The summed E-state index contributed by atoms with van der Waals surface area (Å²) in [4.78, 5) is 12.5. The molecule has 0 aliphatic carbocycles. The molecule has 1 atom stereocenters. The van der Waals surface area contributed by atoms with Gasteiger partial charge < -0.3 is 5.11 Å². The number of ketones is 1. The number of aliphatic hydroxyl groups is 1. The van der Waals surface area contributed by atoms with Crippen LogP contribution in [0.15, 0.2) is 0 Å². The van der Waals surface area contributed by atoms with Crippen molar-refractivity contribution < 1.29 is 9.90 Å². The summed E-state index contributed by atoms with van der Waals surface area (Å²) in [5, 5.41) is 20.2. The SMILES string of the molecule is CC(=O)C(CCO)Cc1nnn(C)n1. The average Bonchev–Trinajstić information content (AvgIpc) is 2.50. The molecular formula is C8H14N4O2. The molecule has 1 unspecified atom stereocenters. The molecule has 0 bridgehead atoms. The van der Waals surface area contributed by atoms with Crippen LogP contribution in [0.1, 0.15) is 19.2 Å². The Morgan fingerprint density at radius 2 is 2.36 bits per heavy atom. The first-order valence-electron chi connectivity index (χ1n) is 4.47. The Labute approximate surface area is 81.9 Å². The van der Waals surface area contributed by atoms with Gasteiger partial charge in [0.25, 0.3) is 0 Å². The Kier molecular flexibility index (Phi) is 3.70. The van der Waals surface area contributed by atoms with E-state index in [9.17, 15) is 4.79 Å². The molecule has 0 aliphatic heterocycles. The van der Waals surface area contributed by atoms with Crippen molar-refractivity contribution in [2.75, 3.05) is 6.61 Å². The van der Waals surface area contributed by atoms with Crippen LogP contribution in [-0.4, -0.2) is 37.7 Å². The minimum Gasteiger partial charge on any atom is -0.396 e. The van der Waals surface area contributed by atoms with Gasteiger partial charge in [-0.25, -0.2) is 0 Å². The van der Waals surface area contributed by atoms with Gasteiger partial charge in [0, 0.05) is 18.9 Å². The largest absolute Gasteiger partial charge is 0.396 e. The molecule has 0 saturated carbocycles. The van der Waals surface area contributed by atoms with Crippen molar-refractivity contribution in [1.29, 1.82) is 0 Å². The minimum absolute atomic E-state index is 0.00447. The molecule has 0 saturated heterocycles. The van der Waals surface area contributed by atoms with E-state index in [4.69, 9.17) is 5.11 Å². The van der Waals surface area contributed by atoms with E-state index in [0.717, 1.165) is 0 Å². The number of carbonyl (C=O) groups excluding carboxylic acids is 1. The zero-order chi connectivity index (χ0) is 10.6. The van der Waals surface area contributed by atoms with Crippen molar-refractivity contribution in [2.24, 2.45) is 13.0 Å². The second-order valence-corrected chi connectivity index (χ2v) is 3.22. The molecule has 1 aromatic rings. The predicted molar refractivity (Wildman–Crippen MR) is 48.4 cm³/mol. The summed E-state index contributed by atoms with van der Waals surface area (Å²) >= 11 is 0. The summed E-state index contributed by atoms with van der Waals surface area (Å²) in [6, 6.07) is 0. The zero-order valence-corrected chi connectivity index (χ0v) is 8.34. The Balaban J connectivity index is 2.59. The summed E-state index contributed by atoms with van der Waals surface area (Å²) in [5.74, 6) is 0.386. The third-order valence-corrected chi connectivity index (χ3v) is 2.03. The highest BCUT2D eigenvalue weighted by molar-refractivity contribution is 5.78. The first-order valence-corrected chi connectivity index (χ1v) is 4.47. The van der Waals surface area contributed by atoms with Crippen molar-refractivity contribution >= 4 is 5.78 Å². The fraction of sp³-hybridized carbons (Fsp3) is 0.750. The molecule has 6 nitrogen and oxygen atoms in total. The summed E-state index contributed by atoms with van der Waals surface area (Å²) in [6.45, 7) is 1.52. The highest BCUT2D eigenvalue weighted by atomic mass is 16.3.